The van der Waals surface area contributed by atoms with Gasteiger partial charge in [-0.3, -0.25) is 19.6 Å². The topological polar surface area (TPSA) is 146 Å². The summed E-state index contributed by atoms with van der Waals surface area (Å²) in [6.45, 7) is 4.03. The maximum absolute atomic E-state index is 12.6. The number of aromatic nitrogens is 2. The number of anilines is 1. The third-order valence-corrected chi connectivity index (χ3v) is 6.82. The van der Waals surface area contributed by atoms with Gasteiger partial charge in [-0.1, -0.05) is 12.1 Å². The smallest absolute Gasteiger partial charge is 0.354 e. The Morgan fingerprint density at radius 2 is 1.79 bits per heavy atom. The molecule has 2 aliphatic heterocycles. The van der Waals surface area contributed by atoms with Gasteiger partial charge in [0.05, 0.1) is 5.69 Å². The van der Waals surface area contributed by atoms with Gasteiger partial charge in [0.1, 0.15) is 11.9 Å². The van der Waals surface area contributed by atoms with Crippen molar-refractivity contribution in [1.29, 1.82) is 0 Å². The van der Waals surface area contributed by atoms with Crippen molar-refractivity contribution < 1.29 is 14.7 Å². The Labute approximate surface area is 190 Å². The molecule has 3 heterocycles. The maximum atomic E-state index is 12.6. The molecule has 2 saturated heterocycles. The van der Waals surface area contributed by atoms with E-state index in [0.29, 0.717) is 49.3 Å². The van der Waals surface area contributed by atoms with Crippen LogP contribution in [-0.4, -0.2) is 81.8 Å². The summed E-state index contributed by atoms with van der Waals surface area (Å²) >= 11 is 0. The number of hydrogen-bond donors (Lipinski definition) is 4. The molecule has 11 nitrogen and oxygen atoms in total. The highest BCUT2D eigenvalue weighted by atomic mass is 16.4. The van der Waals surface area contributed by atoms with Gasteiger partial charge >= 0.3 is 17.7 Å². The Morgan fingerprint density at radius 1 is 1.12 bits per heavy atom. The molecule has 5 N–H and O–H groups in total. The van der Waals surface area contributed by atoms with Crippen LogP contribution in [0.2, 0.25) is 0 Å². The van der Waals surface area contributed by atoms with Crippen molar-refractivity contribution in [1.82, 2.24) is 24.7 Å². The molecule has 1 aliphatic carbocycles. The van der Waals surface area contributed by atoms with Crippen molar-refractivity contribution >= 4 is 17.8 Å². The minimum Gasteiger partial charge on any atom is -0.480 e. The Kier molecular flexibility index (Phi) is 5.60. The highest BCUT2D eigenvalue weighted by molar-refractivity contribution is 5.88. The van der Waals surface area contributed by atoms with Gasteiger partial charge in [0, 0.05) is 51.5 Å². The number of aliphatic carboxylic acids is 1. The van der Waals surface area contributed by atoms with Gasteiger partial charge < -0.3 is 21.1 Å². The average molecular weight is 454 g/mol. The molecule has 1 saturated carbocycles. The Morgan fingerprint density at radius 3 is 2.39 bits per heavy atom. The number of piperidine rings is 1. The van der Waals surface area contributed by atoms with Crippen LogP contribution in [0.15, 0.2) is 41.3 Å². The number of rotatable bonds is 5. The molecule has 3 atom stereocenters. The van der Waals surface area contributed by atoms with E-state index in [1.807, 2.05) is 4.90 Å². The normalized spacial score (nSPS) is 25.4. The number of nitrogens with zero attached hydrogens (tertiary/aromatic N) is 4. The lowest BCUT2D eigenvalue weighted by atomic mass is 10.0. The second-order valence-electron chi connectivity index (χ2n) is 8.82. The van der Waals surface area contributed by atoms with Crippen molar-refractivity contribution in [2.24, 2.45) is 17.6 Å². The van der Waals surface area contributed by atoms with E-state index < -0.39 is 17.7 Å². The fourth-order valence-electron chi connectivity index (χ4n) is 4.87. The summed E-state index contributed by atoms with van der Waals surface area (Å²) in [5.41, 5.74) is 6.66. The third kappa shape index (κ3) is 4.22. The molecule has 3 unspecified atom stereocenters. The number of carbonyl (C=O) groups excluding carboxylic acids is 1. The number of nitrogens with two attached hydrogens (primary N) is 1. The van der Waals surface area contributed by atoms with E-state index in [1.54, 1.807) is 41.4 Å². The minimum absolute atomic E-state index is 0.188. The lowest BCUT2D eigenvalue weighted by molar-refractivity contribution is -0.143. The zero-order valence-corrected chi connectivity index (χ0v) is 18.1. The second kappa shape index (κ2) is 8.58. The largest absolute Gasteiger partial charge is 0.480 e. The predicted octanol–water partition coefficient (Wildman–Crippen LogP) is -0.316. The van der Waals surface area contributed by atoms with E-state index in [0.717, 1.165) is 13.1 Å². The van der Waals surface area contributed by atoms with Crippen molar-refractivity contribution in [2.45, 2.75) is 12.1 Å². The number of carboxylic acids is 1. The lowest BCUT2D eigenvalue weighted by Crippen LogP contribution is -2.48. The number of amides is 2. The van der Waals surface area contributed by atoms with Crippen LogP contribution in [0.25, 0.3) is 5.69 Å². The van der Waals surface area contributed by atoms with Gasteiger partial charge in [-0.2, -0.15) is 4.98 Å². The summed E-state index contributed by atoms with van der Waals surface area (Å²) in [6.07, 6.45) is 1.54. The van der Waals surface area contributed by atoms with E-state index in [4.69, 9.17) is 5.73 Å². The number of benzene rings is 1. The number of hydrogen-bond acceptors (Lipinski definition) is 7. The molecule has 1 aromatic heterocycles. The van der Waals surface area contributed by atoms with Crippen LogP contribution in [0.3, 0.4) is 0 Å². The first kappa shape index (κ1) is 21.6. The summed E-state index contributed by atoms with van der Waals surface area (Å²) < 4.78 is 1.35. The summed E-state index contributed by atoms with van der Waals surface area (Å²) in [5, 5.41) is 15.6. The highest BCUT2D eigenvalue weighted by Crippen LogP contribution is 2.46. The van der Waals surface area contributed by atoms with E-state index >= 15 is 0 Å². The van der Waals surface area contributed by atoms with Crippen LogP contribution in [0.4, 0.5) is 10.6 Å². The van der Waals surface area contributed by atoms with Crippen LogP contribution >= 0.6 is 0 Å². The van der Waals surface area contributed by atoms with Gasteiger partial charge in [-0.05, 0) is 35.6 Å². The van der Waals surface area contributed by atoms with Gasteiger partial charge in [0.15, 0.2) is 0 Å². The molecule has 5 rings (SSSR count). The summed E-state index contributed by atoms with van der Waals surface area (Å²) in [6, 6.07) is 7.60. The molecule has 0 spiro atoms. The molecule has 0 radical (unpaired) electrons. The molecular formula is C22H27N7O4. The van der Waals surface area contributed by atoms with Crippen molar-refractivity contribution in [2.75, 3.05) is 44.6 Å². The van der Waals surface area contributed by atoms with Crippen LogP contribution in [0.1, 0.15) is 11.6 Å². The molecular weight excluding hydrogens is 426 g/mol. The first-order chi connectivity index (χ1) is 15.9. The monoisotopic (exact) mass is 453 g/mol. The second-order valence-corrected chi connectivity index (χ2v) is 8.82. The molecule has 2 amide bonds. The number of piperazine rings is 1. The zero-order chi connectivity index (χ0) is 23.1. The lowest BCUT2D eigenvalue weighted by Gasteiger charge is -2.27. The van der Waals surface area contributed by atoms with Crippen molar-refractivity contribution in [3.05, 3.63) is 52.6 Å². The number of carbonyl (C=O) groups is 2. The Bertz CT molecular complexity index is 1100. The van der Waals surface area contributed by atoms with Crippen LogP contribution in [-0.2, 0) is 4.79 Å². The number of urea groups is 1. The first-order valence-corrected chi connectivity index (χ1v) is 11.1. The maximum Gasteiger partial charge on any atom is 0.354 e. The summed E-state index contributed by atoms with van der Waals surface area (Å²) in [4.78, 5) is 44.4. The molecule has 2 aromatic rings. The predicted molar refractivity (Wildman–Crippen MR) is 120 cm³/mol. The van der Waals surface area contributed by atoms with E-state index in [2.05, 4.69) is 15.6 Å². The molecule has 3 aliphatic rings. The van der Waals surface area contributed by atoms with Gasteiger partial charge in [0.25, 0.3) is 0 Å². The number of carboxylic acid groups (broad SMARTS) is 1. The SMILES string of the molecule is NC1C2CN(C(C(=O)O)c3ccc(-n4ccc(NC(=O)N5CCNCC5)nc4=O)cc3)CC12. The number of fused-ring (bicyclic) bond motifs is 1. The van der Waals surface area contributed by atoms with Crippen molar-refractivity contribution in [3.8, 4) is 5.69 Å². The fourth-order valence-corrected chi connectivity index (χ4v) is 4.87. The fraction of sp³-hybridized carbons (Fsp3) is 0.455. The quantitative estimate of drug-likeness (QED) is 0.482. The Hall–Kier alpha value is -3.28. The summed E-state index contributed by atoms with van der Waals surface area (Å²) in [5.74, 6) is 0.0666. The van der Waals surface area contributed by atoms with Crippen LogP contribution < -0.4 is 22.1 Å². The molecule has 174 valence electrons. The van der Waals surface area contributed by atoms with Gasteiger partial charge in [0.2, 0.25) is 0 Å². The molecule has 3 fully saturated rings. The van der Waals surface area contributed by atoms with Gasteiger partial charge in [-0.15, -0.1) is 0 Å². The standard InChI is InChI=1S/C22H27N7O4/c23-18-15-11-28(12-16(15)18)19(20(30)31)13-1-3-14(4-2-13)29-8-5-17(26-22(29)33)25-21(32)27-9-6-24-7-10-27/h1-5,8,15-16,18-19,24H,6-7,9-12,23H2,(H,30,31)(H,25,26,32,33). The van der Waals surface area contributed by atoms with Crippen molar-refractivity contribution in [3.63, 3.8) is 0 Å². The zero-order valence-electron chi connectivity index (χ0n) is 18.1. The molecule has 0 bridgehead atoms. The Balaban J connectivity index is 1.29. The molecule has 1 aromatic carbocycles. The molecule has 11 heteroatoms. The average Bonchev–Trinajstić information content (AvgIpc) is 3.19. The summed E-state index contributed by atoms with van der Waals surface area (Å²) in [7, 11) is 0. The highest BCUT2D eigenvalue weighted by Gasteiger charge is 2.55. The minimum atomic E-state index is -0.902. The number of nitrogens with one attached hydrogen (secondary N) is 2. The molecule has 33 heavy (non-hydrogen) atoms. The first-order valence-electron chi connectivity index (χ1n) is 11.1. The van der Waals surface area contributed by atoms with E-state index in [1.165, 1.54) is 4.57 Å². The number of likely N-dealkylation sites (tertiary alicyclic amines) is 1. The third-order valence-electron chi connectivity index (χ3n) is 6.82. The van der Waals surface area contributed by atoms with E-state index in [9.17, 15) is 19.5 Å². The van der Waals surface area contributed by atoms with E-state index in [-0.39, 0.29) is 17.9 Å². The van der Waals surface area contributed by atoms with Crippen LogP contribution in [0, 0.1) is 11.8 Å². The van der Waals surface area contributed by atoms with Gasteiger partial charge in [-0.25, -0.2) is 9.59 Å². The van der Waals surface area contributed by atoms with Crippen LogP contribution in [0.5, 0.6) is 0 Å².